The Morgan fingerprint density at radius 3 is 2.33 bits per heavy atom. The minimum absolute atomic E-state index is 0.622. The zero-order valence-electron chi connectivity index (χ0n) is 14.9. The van der Waals surface area contributed by atoms with E-state index in [2.05, 4.69) is 88.8 Å². The second-order valence-electron chi connectivity index (χ2n) is 6.31. The number of benzene rings is 2. The summed E-state index contributed by atoms with van der Waals surface area (Å²) in [5.74, 6) is 0. The Morgan fingerprint density at radius 1 is 1.04 bits per heavy atom. The Kier molecular flexibility index (Phi) is 4.85. The van der Waals surface area contributed by atoms with Crippen LogP contribution in [0, 0.1) is 14.9 Å². The first-order chi connectivity index (χ1) is 13.1. The van der Waals surface area contributed by atoms with E-state index < -0.39 is 0 Å². The smallest absolute Gasteiger partial charge is 0.135 e. The molecule has 27 heavy (non-hydrogen) atoms. The second kappa shape index (κ2) is 7.29. The summed E-state index contributed by atoms with van der Waals surface area (Å²) in [5, 5.41) is 10.6. The number of hydrogen-bond acceptors (Lipinski definition) is 4. The average molecular weight is 481 g/mol. The summed E-state index contributed by atoms with van der Waals surface area (Å²) in [6, 6.07) is 18.8. The van der Waals surface area contributed by atoms with Gasteiger partial charge in [0, 0.05) is 20.7 Å². The molecule has 1 aromatic heterocycles. The number of nitrogens with zero attached hydrogens (tertiary/aromatic N) is 3. The van der Waals surface area contributed by atoms with Crippen molar-refractivity contribution in [3.05, 3.63) is 86.2 Å². The third-order valence-electron chi connectivity index (χ3n) is 4.43. The summed E-state index contributed by atoms with van der Waals surface area (Å²) in [4.78, 5) is 6.86. The molecule has 0 atom stereocenters. The van der Waals surface area contributed by atoms with E-state index in [-0.39, 0.29) is 0 Å². The van der Waals surface area contributed by atoms with Crippen molar-refractivity contribution in [2.24, 2.45) is 0 Å². The molecule has 0 aliphatic carbocycles. The molecule has 1 aliphatic heterocycles. The fourth-order valence-electron chi connectivity index (χ4n) is 3.26. The number of thiazole rings is 1. The average Bonchev–Trinajstić information content (AvgIpc) is 3.07. The molecule has 0 unspecified atom stereocenters. The van der Waals surface area contributed by atoms with Crippen LogP contribution in [0.5, 0.6) is 0 Å². The van der Waals surface area contributed by atoms with Gasteiger partial charge >= 0.3 is 0 Å². The number of anilines is 1. The molecular weight excluding hydrogens is 465 g/mol. The van der Waals surface area contributed by atoms with Gasteiger partial charge in [0.2, 0.25) is 0 Å². The lowest BCUT2D eigenvalue weighted by Gasteiger charge is -2.30. The van der Waals surface area contributed by atoms with Gasteiger partial charge in [-0.3, -0.25) is 0 Å². The van der Waals surface area contributed by atoms with E-state index in [0.717, 1.165) is 37.9 Å². The van der Waals surface area contributed by atoms with Crippen LogP contribution in [0.3, 0.4) is 0 Å². The van der Waals surface area contributed by atoms with Crippen molar-refractivity contribution in [3.8, 4) is 6.07 Å². The first-order valence-electron chi connectivity index (χ1n) is 8.49. The molecule has 0 fully saturated rings. The molecule has 0 saturated heterocycles. The summed E-state index contributed by atoms with van der Waals surface area (Å²) in [7, 11) is 0. The van der Waals surface area contributed by atoms with Crippen LogP contribution in [-0.4, -0.2) is 4.98 Å². The first kappa shape index (κ1) is 18.0. The lowest BCUT2D eigenvalue weighted by Crippen LogP contribution is -2.21. The Hall–Kier alpha value is -2.43. The minimum Gasteiger partial charge on any atom is -0.318 e. The Morgan fingerprint density at radius 2 is 1.70 bits per heavy atom. The summed E-state index contributed by atoms with van der Waals surface area (Å²) in [5.41, 5.74) is 5.75. The fourth-order valence-corrected chi connectivity index (χ4v) is 4.60. The highest BCUT2D eigenvalue weighted by atomic mass is 127. The Bertz CT molecular complexity index is 1110. The van der Waals surface area contributed by atoms with Gasteiger partial charge < -0.3 is 4.90 Å². The predicted molar refractivity (Wildman–Crippen MR) is 121 cm³/mol. The monoisotopic (exact) mass is 481 g/mol. The predicted octanol–water partition coefficient (Wildman–Crippen LogP) is 6.51. The van der Waals surface area contributed by atoms with E-state index in [1.54, 1.807) is 11.3 Å². The number of halogens is 1. The van der Waals surface area contributed by atoms with Gasteiger partial charge in [-0.2, -0.15) is 5.26 Å². The van der Waals surface area contributed by atoms with Crippen molar-refractivity contribution in [3.63, 3.8) is 0 Å². The molecule has 2 aromatic carbocycles. The number of hydrogen-bond donors (Lipinski definition) is 0. The number of nitriles is 1. The van der Waals surface area contributed by atoms with E-state index in [1.807, 2.05) is 24.3 Å². The molecular formula is C22H16IN3S. The van der Waals surface area contributed by atoms with Crippen molar-refractivity contribution >= 4 is 55.4 Å². The molecule has 1 aliphatic rings. The van der Waals surface area contributed by atoms with E-state index >= 15 is 0 Å². The number of para-hydroxylation sites is 1. The minimum atomic E-state index is 0.622. The Labute approximate surface area is 176 Å². The van der Waals surface area contributed by atoms with Crippen LogP contribution in [-0.2, 0) is 0 Å². The maximum absolute atomic E-state index is 9.83. The molecule has 0 amide bonds. The van der Waals surface area contributed by atoms with Crippen LogP contribution in [0.15, 0.2) is 77.7 Å². The van der Waals surface area contributed by atoms with Crippen molar-refractivity contribution < 1.29 is 0 Å². The molecule has 0 N–H and O–H groups in total. The van der Waals surface area contributed by atoms with Gasteiger partial charge in [0.05, 0.1) is 15.8 Å². The quantitative estimate of drug-likeness (QED) is 0.310. The van der Waals surface area contributed by atoms with E-state index in [4.69, 9.17) is 0 Å². The largest absolute Gasteiger partial charge is 0.318 e. The van der Waals surface area contributed by atoms with Gasteiger partial charge in [-0.05, 0) is 90.6 Å². The molecule has 4 rings (SSSR count). The summed E-state index contributed by atoms with van der Waals surface area (Å²) < 4.78 is 2.30. The maximum Gasteiger partial charge on any atom is 0.135 e. The summed E-state index contributed by atoms with van der Waals surface area (Å²) in [6.07, 6.45) is 4.13. The lowest BCUT2D eigenvalue weighted by molar-refractivity contribution is 1.04. The van der Waals surface area contributed by atoms with Gasteiger partial charge in [0.1, 0.15) is 11.1 Å². The normalized spacial score (nSPS) is 14.0. The number of rotatable bonds is 2. The van der Waals surface area contributed by atoms with Gasteiger partial charge in [0.15, 0.2) is 0 Å². The SMILES string of the molecule is CC1=CC(=C(C#N)c2nc3ccccc3s2)C=C(C)N1c1ccc(I)cc1. The molecule has 5 heteroatoms. The maximum atomic E-state index is 9.83. The highest BCUT2D eigenvalue weighted by Gasteiger charge is 2.19. The second-order valence-corrected chi connectivity index (χ2v) is 8.59. The first-order valence-corrected chi connectivity index (χ1v) is 10.4. The number of allylic oxidation sites excluding steroid dienone is 6. The van der Waals surface area contributed by atoms with E-state index in [1.165, 1.54) is 3.57 Å². The van der Waals surface area contributed by atoms with Crippen molar-refractivity contribution in [2.45, 2.75) is 13.8 Å². The highest BCUT2D eigenvalue weighted by molar-refractivity contribution is 14.1. The van der Waals surface area contributed by atoms with E-state index in [0.29, 0.717) is 5.57 Å². The molecule has 3 aromatic rings. The zero-order chi connectivity index (χ0) is 19.0. The van der Waals surface area contributed by atoms with Gasteiger partial charge in [-0.15, -0.1) is 11.3 Å². The van der Waals surface area contributed by atoms with Crippen molar-refractivity contribution in [1.82, 2.24) is 4.98 Å². The standard InChI is InChI=1S/C22H16IN3S/c1-14-11-16(12-15(2)26(14)18-9-7-17(23)8-10-18)19(13-24)22-25-20-5-3-4-6-21(20)27-22/h3-12H,1-2H3. The Balaban J connectivity index is 1.79. The molecule has 0 saturated carbocycles. The van der Waals surface area contributed by atoms with Gasteiger partial charge in [-0.25, -0.2) is 4.98 Å². The van der Waals surface area contributed by atoms with Crippen LogP contribution in [0.2, 0.25) is 0 Å². The number of fused-ring (bicyclic) bond motifs is 1. The highest BCUT2D eigenvalue weighted by Crippen LogP contribution is 2.34. The zero-order valence-corrected chi connectivity index (χ0v) is 17.9. The third-order valence-corrected chi connectivity index (χ3v) is 6.20. The van der Waals surface area contributed by atoms with Crippen LogP contribution in [0.1, 0.15) is 18.9 Å². The lowest BCUT2D eigenvalue weighted by atomic mass is 10.0. The molecule has 2 heterocycles. The molecule has 0 bridgehead atoms. The van der Waals surface area contributed by atoms with Crippen LogP contribution in [0.4, 0.5) is 5.69 Å². The topological polar surface area (TPSA) is 39.9 Å². The third kappa shape index (κ3) is 3.43. The van der Waals surface area contributed by atoms with Gasteiger partial charge in [0.25, 0.3) is 0 Å². The summed E-state index contributed by atoms with van der Waals surface area (Å²) in [6.45, 7) is 4.14. The van der Waals surface area contributed by atoms with Crippen LogP contribution in [0.25, 0.3) is 15.8 Å². The van der Waals surface area contributed by atoms with Gasteiger partial charge in [-0.1, -0.05) is 12.1 Å². The molecule has 132 valence electrons. The summed E-state index contributed by atoms with van der Waals surface area (Å²) >= 11 is 3.87. The molecule has 3 nitrogen and oxygen atoms in total. The number of aromatic nitrogens is 1. The fraction of sp³-hybridized carbons (Fsp3) is 0.0909. The van der Waals surface area contributed by atoms with E-state index in [9.17, 15) is 5.26 Å². The van der Waals surface area contributed by atoms with Crippen LogP contribution >= 0.6 is 33.9 Å². The molecule has 0 radical (unpaired) electrons. The molecule has 0 spiro atoms. The van der Waals surface area contributed by atoms with Crippen LogP contribution < -0.4 is 4.90 Å². The van der Waals surface area contributed by atoms with Crippen molar-refractivity contribution in [2.75, 3.05) is 4.90 Å². The van der Waals surface area contributed by atoms with Crippen molar-refractivity contribution in [1.29, 1.82) is 5.26 Å².